The Balaban J connectivity index is 1.29. The number of ether oxygens (including phenoxy) is 1. The van der Waals surface area contributed by atoms with Gasteiger partial charge in [0, 0.05) is 66.2 Å². The standard InChI is InChI=1S/C20H25ClN2OS/c21-19-4-2-1-3-18(19)20-6-5-17(25-20)14-23-10-8-22(9-11-23)13-16-7-12-24-15-16/h1-6,16H,7-15H2. The summed E-state index contributed by atoms with van der Waals surface area (Å²) in [5.74, 6) is 0.752. The molecule has 1 aromatic carbocycles. The van der Waals surface area contributed by atoms with E-state index in [4.69, 9.17) is 16.3 Å². The van der Waals surface area contributed by atoms with Gasteiger partial charge in [0.05, 0.1) is 6.61 Å². The minimum atomic E-state index is 0.752. The van der Waals surface area contributed by atoms with Gasteiger partial charge in [-0.2, -0.15) is 0 Å². The number of piperazine rings is 1. The van der Waals surface area contributed by atoms with Crippen LogP contribution in [0.15, 0.2) is 36.4 Å². The molecule has 1 unspecified atom stereocenters. The van der Waals surface area contributed by atoms with Crippen LogP contribution in [-0.4, -0.2) is 55.7 Å². The van der Waals surface area contributed by atoms with E-state index in [1.165, 1.54) is 35.8 Å². The van der Waals surface area contributed by atoms with E-state index < -0.39 is 0 Å². The van der Waals surface area contributed by atoms with Crippen molar-refractivity contribution in [1.82, 2.24) is 9.80 Å². The Hall–Kier alpha value is -0.910. The first-order chi connectivity index (χ1) is 12.3. The minimum Gasteiger partial charge on any atom is -0.381 e. The van der Waals surface area contributed by atoms with Crippen LogP contribution in [0.25, 0.3) is 10.4 Å². The summed E-state index contributed by atoms with van der Waals surface area (Å²) in [5, 5.41) is 0.834. The van der Waals surface area contributed by atoms with E-state index in [1.807, 2.05) is 23.5 Å². The molecule has 1 aromatic heterocycles. The van der Waals surface area contributed by atoms with Gasteiger partial charge in [-0.1, -0.05) is 29.8 Å². The van der Waals surface area contributed by atoms with E-state index in [1.54, 1.807) is 0 Å². The largest absolute Gasteiger partial charge is 0.381 e. The van der Waals surface area contributed by atoms with E-state index in [0.717, 1.165) is 49.4 Å². The fraction of sp³-hybridized carbons (Fsp3) is 0.500. The third-order valence-corrected chi connectivity index (χ3v) is 6.62. The van der Waals surface area contributed by atoms with Crippen molar-refractivity contribution in [2.24, 2.45) is 5.92 Å². The topological polar surface area (TPSA) is 15.7 Å². The minimum absolute atomic E-state index is 0.752. The van der Waals surface area contributed by atoms with E-state index in [9.17, 15) is 0 Å². The summed E-state index contributed by atoms with van der Waals surface area (Å²) in [4.78, 5) is 7.87. The molecule has 3 heterocycles. The summed E-state index contributed by atoms with van der Waals surface area (Å²) >= 11 is 8.19. The molecular weight excluding hydrogens is 352 g/mol. The summed E-state index contributed by atoms with van der Waals surface area (Å²) in [6.07, 6.45) is 1.24. The van der Waals surface area contributed by atoms with Gasteiger partial charge in [0.1, 0.15) is 0 Å². The van der Waals surface area contributed by atoms with E-state index in [-0.39, 0.29) is 0 Å². The summed E-state index contributed by atoms with van der Waals surface area (Å²) in [7, 11) is 0. The molecule has 4 rings (SSSR count). The third kappa shape index (κ3) is 4.44. The first kappa shape index (κ1) is 17.5. The highest BCUT2D eigenvalue weighted by Crippen LogP contribution is 2.33. The van der Waals surface area contributed by atoms with Gasteiger partial charge in [0.25, 0.3) is 0 Å². The van der Waals surface area contributed by atoms with E-state index >= 15 is 0 Å². The quantitative estimate of drug-likeness (QED) is 0.776. The molecule has 0 bridgehead atoms. The lowest BCUT2D eigenvalue weighted by Crippen LogP contribution is -2.47. The molecule has 2 fully saturated rings. The molecule has 0 radical (unpaired) electrons. The summed E-state index contributed by atoms with van der Waals surface area (Å²) in [6, 6.07) is 12.6. The van der Waals surface area contributed by atoms with Crippen LogP contribution in [0.4, 0.5) is 0 Å². The lowest BCUT2D eigenvalue weighted by atomic mass is 10.1. The van der Waals surface area contributed by atoms with Gasteiger partial charge in [-0.25, -0.2) is 0 Å². The van der Waals surface area contributed by atoms with Crippen molar-refractivity contribution < 1.29 is 4.74 Å². The molecule has 2 aromatic rings. The van der Waals surface area contributed by atoms with Crippen LogP contribution in [0, 0.1) is 5.92 Å². The predicted octanol–water partition coefficient (Wildman–Crippen LogP) is 4.22. The van der Waals surface area contributed by atoms with Crippen molar-refractivity contribution in [3.05, 3.63) is 46.3 Å². The highest BCUT2D eigenvalue weighted by Gasteiger charge is 2.23. The summed E-state index contributed by atoms with van der Waals surface area (Å²) in [5.41, 5.74) is 1.14. The second-order valence-corrected chi connectivity index (χ2v) is 8.63. The number of hydrogen-bond acceptors (Lipinski definition) is 4. The number of halogens is 1. The van der Waals surface area contributed by atoms with Crippen molar-refractivity contribution in [3.8, 4) is 10.4 Å². The number of hydrogen-bond donors (Lipinski definition) is 0. The molecule has 0 aliphatic carbocycles. The lowest BCUT2D eigenvalue weighted by Gasteiger charge is -2.35. The SMILES string of the molecule is Clc1ccccc1-c1ccc(CN2CCN(CC3CCOC3)CC2)s1. The van der Waals surface area contributed by atoms with Crippen LogP contribution in [-0.2, 0) is 11.3 Å². The van der Waals surface area contributed by atoms with Crippen LogP contribution in [0.5, 0.6) is 0 Å². The van der Waals surface area contributed by atoms with Crippen molar-refractivity contribution in [2.45, 2.75) is 13.0 Å². The molecule has 2 aliphatic heterocycles. The van der Waals surface area contributed by atoms with E-state index in [0.29, 0.717) is 0 Å². The van der Waals surface area contributed by atoms with Crippen LogP contribution >= 0.6 is 22.9 Å². The highest BCUT2D eigenvalue weighted by molar-refractivity contribution is 7.15. The van der Waals surface area contributed by atoms with Crippen LogP contribution in [0.1, 0.15) is 11.3 Å². The van der Waals surface area contributed by atoms with Crippen LogP contribution in [0.2, 0.25) is 5.02 Å². The Morgan fingerprint density at radius 2 is 1.84 bits per heavy atom. The zero-order valence-electron chi connectivity index (χ0n) is 14.5. The smallest absolute Gasteiger partial charge is 0.0507 e. The zero-order chi connectivity index (χ0) is 17.1. The van der Waals surface area contributed by atoms with Crippen LogP contribution < -0.4 is 0 Å². The highest BCUT2D eigenvalue weighted by atomic mass is 35.5. The number of rotatable bonds is 5. The molecule has 5 heteroatoms. The summed E-state index contributed by atoms with van der Waals surface area (Å²) in [6.45, 7) is 8.86. The van der Waals surface area contributed by atoms with Crippen molar-refractivity contribution in [2.75, 3.05) is 45.9 Å². The third-order valence-electron chi connectivity index (χ3n) is 5.19. The van der Waals surface area contributed by atoms with Crippen molar-refractivity contribution in [1.29, 1.82) is 0 Å². The first-order valence-corrected chi connectivity index (χ1v) is 10.3. The zero-order valence-corrected chi connectivity index (χ0v) is 16.1. The Morgan fingerprint density at radius 3 is 2.60 bits per heavy atom. The average Bonchev–Trinajstić information content (AvgIpc) is 3.29. The Kier molecular flexibility index (Phi) is 5.73. The Morgan fingerprint density at radius 1 is 1.04 bits per heavy atom. The van der Waals surface area contributed by atoms with Crippen molar-refractivity contribution in [3.63, 3.8) is 0 Å². The average molecular weight is 377 g/mol. The molecular formula is C20H25ClN2OS. The molecule has 1 atom stereocenters. The molecule has 2 aliphatic rings. The second kappa shape index (κ2) is 8.19. The van der Waals surface area contributed by atoms with Gasteiger partial charge in [0.15, 0.2) is 0 Å². The number of benzene rings is 1. The van der Waals surface area contributed by atoms with Crippen LogP contribution in [0.3, 0.4) is 0 Å². The first-order valence-electron chi connectivity index (χ1n) is 9.14. The van der Waals surface area contributed by atoms with Gasteiger partial charge in [0.2, 0.25) is 0 Å². The maximum Gasteiger partial charge on any atom is 0.0507 e. The molecule has 0 saturated carbocycles. The van der Waals surface area contributed by atoms with Crippen molar-refractivity contribution >= 4 is 22.9 Å². The van der Waals surface area contributed by atoms with Gasteiger partial charge in [-0.3, -0.25) is 4.90 Å². The maximum absolute atomic E-state index is 6.33. The molecule has 2 saturated heterocycles. The van der Waals surface area contributed by atoms with E-state index in [2.05, 4.69) is 34.1 Å². The molecule has 0 spiro atoms. The fourth-order valence-corrected chi connectivity index (χ4v) is 5.09. The molecule has 0 N–H and O–H groups in total. The molecule has 3 nitrogen and oxygen atoms in total. The van der Waals surface area contributed by atoms with Gasteiger partial charge >= 0.3 is 0 Å². The maximum atomic E-state index is 6.33. The monoisotopic (exact) mass is 376 g/mol. The Labute approximate surface area is 159 Å². The second-order valence-electron chi connectivity index (χ2n) is 7.05. The van der Waals surface area contributed by atoms with Gasteiger partial charge < -0.3 is 9.64 Å². The van der Waals surface area contributed by atoms with Gasteiger partial charge in [-0.05, 0) is 30.5 Å². The van der Waals surface area contributed by atoms with Gasteiger partial charge in [-0.15, -0.1) is 11.3 Å². The Bertz CT molecular complexity index is 691. The number of thiophene rings is 1. The number of nitrogens with zero attached hydrogens (tertiary/aromatic N) is 2. The molecule has 134 valence electrons. The molecule has 0 amide bonds. The predicted molar refractivity (Wildman–Crippen MR) is 105 cm³/mol. The molecule has 25 heavy (non-hydrogen) atoms. The summed E-state index contributed by atoms with van der Waals surface area (Å²) < 4.78 is 5.50. The normalized spacial score (nSPS) is 22.5. The lowest BCUT2D eigenvalue weighted by molar-refractivity contribution is 0.107. The fourth-order valence-electron chi connectivity index (χ4n) is 3.71.